The summed E-state index contributed by atoms with van der Waals surface area (Å²) in [5.74, 6) is 3.96. The van der Waals surface area contributed by atoms with E-state index >= 15 is 0 Å². The number of thioether (sulfide) groups is 1. The summed E-state index contributed by atoms with van der Waals surface area (Å²) in [4.78, 5) is 0. The van der Waals surface area contributed by atoms with Crippen molar-refractivity contribution < 1.29 is 14.2 Å². The van der Waals surface area contributed by atoms with Crippen molar-refractivity contribution in [3.8, 4) is 17.2 Å². The molecule has 0 N–H and O–H groups in total. The van der Waals surface area contributed by atoms with Crippen LogP contribution >= 0.6 is 11.8 Å². The highest BCUT2D eigenvalue weighted by Crippen LogP contribution is 2.26. The van der Waals surface area contributed by atoms with Crippen LogP contribution < -0.4 is 14.2 Å². The fraction of sp³-hybridized carbons (Fsp3) is 0.273. The smallest absolute Gasteiger partial charge is 0.191 e. The van der Waals surface area contributed by atoms with Crippen LogP contribution in [0, 0.1) is 0 Å². The number of hydrogen-bond donors (Lipinski definition) is 0. The van der Waals surface area contributed by atoms with Crippen LogP contribution in [0.3, 0.4) is 0 Å². The molecule has 0 fully saturated rings. The normalized spacial score (nSPS) is 10.6. The number of nitrogens with zero attached hydrogens (tertiary/aromatic N) is 3. The number of benzene rings is 2. The molecule has 0 aliphatic rings. The van der Waals surface area contributed by atoms with E-state index in [0.717, 1.165) is 39.5 Å². The Bertz CT molecular complexity index is 925. The van der Waals surface area contributed by atoms with E-state index in [9.17, 15) is 0 Å². The topological polar surface area (TPSA) is 58.4 Å². The summed E-state index contributed by atoms with van der Waals surface area (Å²) in [6.07, 6.45) is 2.55. The number of rotatable bonds is 11. The lowest BCUT2D eigenvalue weighted by Crippen LogP contribution is -2.06. The molecule has 1 heterocycles. The first-order chi connectivity index (χ1) is 14.2. The third-order valence-corrected chi connectivity index (χ3v) is 5.20. The highest BCUT2D eigenvalue weighted by atomic mass is 32.2. The molecular formula is C22H25N3O3S. The number of hydrogen-bond acceptors (Lipinski definition) is 6. The number of ether oxygens (including phenoxy) is 3. The van der Waals surface area contributed by atoms with Crippen molar-refractivity contribution in [2.24, 2.45) is 0 Å². The van der Waals surface area contributed by atoms with E-state index in [1.54, 1.807) is 26.0 Å². The second kappa shape index (κ2) is 10.6. The Balaban J connectivity index is 1.61. The van der Waals surface area contributed by atoms with Gasteiger partial charge in [0.1, 0.15) is 11.6 Å². The van der Waals surface area contributed by atoms with Crippen molar-refractivity contribution in [2.75, 3.05) is 26.6 Å². The lowest BCUT2D eigenvalue weighted by atomic mass is 10.1. The molecular weight excluding hydrogens is 386 g/mol. The Kier molecular flexibility index (Phi) is 7.58. The minimum absolute atomic E-state index is 0.541. The van der Waals surface area contributed by atoms with E-state index in [1.807, 2.05) is 54.6 Å². The van der Waals surface area contributed by atoms with Crippen LogP contribution in [-0.2, 0) is 13.0 Å². The second-order valence-electron chi connectivity index (χ2n) is 6.17. The lowest BCUT2D eigenvalue weighted by molar-refractivity contribution is 0.313. The standard InChI is InChI=1S/C22H25N3O3S/c1-4-13-25-21(16-17-9-11-18(26-2)12-10-17)23-24-22(25)29-15-14-28-20-8-6-5-7-19(20)27-3/h4-12H,1,13-16H2,2-3H3. The van der Waals surface area contributed by atoms with Crippen molar-refractivity contribution in [1.29, 1.82) is 0 Å². The van der Waals surface area contributed by atoms with Gasteiger partial charge in [0.05, 0.1) is 20.8 Å². The summed E-state index contributed by atoms with van der Waals surface area (Å²) in [5.41, 5.74) is 1.15. The van der Waals surface area contributed by atoms with Crippen LogP contribution in [0.4, 0.5) is 0 Å². The van der Waals surface area contributed by atoms with E-state index in [-0.39, 0.29) is 0 Å². The summed E-state index contributed by atoms with van der Waals surface area (Å²) in [5, 5.41) is 9.61. The highest BCUT2D eigenvalue weighted by Gasteiger charge is 2.13. The zero-order valence-corrected chi connectivity index (χ0v) is 17.5. The van der Waals surface area contributed by atoms with Crippen LogP contribution in [0.5, 0.6) is 17.2 Å². The minimum atomic E-state index is 0.541. The van der Waals surface area contributed by atoms with Crippen molar-refractivity contribution in [2.45, 2.75) is 18.1 Å². The Hall–Kier alpha value is -2.93. The average Bonchev–Trinajstić information content (AvgIpc) is 3.13. The lowest BCUT2D eigenvalue weighted by Gasteiger charge is -2.10. The molecule has 0 saturated carbocycles. The summed E-state index contributed by atoms with van der Waals surface area (Å²) in [7, 11) is 3.30. The number of methoxy groups -OCH3 is 2. The van der Waals surface area contributed by atoms with Crippen molar-refractivity contribution >= 4 is 11.8 Å². The molecule has 3 aromatic rings. The van der Waals surface area contributed by atoms with Crippen LogP contribution in [0.25, 0.3) is 0 Å². The molecule has 7 heteroatoms. The SMILES string of the molecule is C=CCn1c(Cc2ccc(OC)cc2)nnc1SCCOc1ccccc1OC. The maximum absolute atomic E-state index is 5.84. The van der Waals surface area contributed by atoms with Gasteiger partial charge in [0.15, 0.2) is 16.7 Å². The molecule has 6 nitrogen and oxygen atoms in total. The fourth-order valence-electron chi connectivity index (χ4n) is 2.82. The number of aromatic nitrogens is 3. The molecule has 2 aromatic carbocycles. The van der Waals surface area contributed by atoms with Gasteiger partial charge in [0.2, 0.25) is 0 Å². The van der Waals surface area contributed by atoms with Crippen LogP contribution in [-0.4, -0.2) is 41.3 Å². The zero-order chi connectivity index (χ0) is 20.5. The van der Waals surface area contributed by atoms with Gasteiger partial charge in [0.25, 0.3) is 0 Å². The predicted molar refractivity (Wildman–Crippen MR) is 115 cm³/mol. The molecule has 0 unspecified atom stereocenters. The molecule has 29 heavy (non-hydrogen) atoms. The number of para-hydroxylation sites is 2. The average molecular weight is 412 g/mol. The third-order valence-electron chi connectivity index (χ3n) is 4.27. The molecule has 1 aromatic heterocycles. The van der Waals surface area contributed by atoms with Crippen LogP contribution in [0.2, 0.25) is 0 Å². The van der Waals surface area contributed by atoms with Gasteiger partial charge in [-0.25, -0.2) is 0 Å². The Morgan fingerprint density at radius 3 is 2.45 bits per heavy atom. The largest absolute Gasteiger partial charge is 0.497 e. The van der Waals surface area contributed by atoms with Crippen molar-refractivity contribution in [3.63, 3.8) is 0 Å². The second-order valence-corrected chi connectivity index (χ2v) is 7.23. The summed E-state index contributed by atoms with van der Waals surface area (Å²) < 4.78 is 18.5. The van der Waals surface area contributed by atoms with Crippen molar-refractivity contribution in [1.82, 2.24) is 14.8 Å². The molecule has 0 bridgehead atoms. The van der Waals surface area contributed by atoms with Crippen LogP contribution in [0.15, 0.2) is 66.3 Å². The molecule has 0 radical (unpaired) electrons. The molecule has 152 valence electrons. The van der Waals surface area contributed by atoms with E-state index in [1.165, 1.54) is 0 Å². The van der Waals surface area contributed by atoms with Gasteiger partial charge in [-0.15, -0.1) is 16.8 Å². The van der Waals surface area contributed by atoms with Gasteiger partial charge in [-0.1, -0.05) is 42.1 Å². The van der Waals surface area contributed by atoms with Gasteiger partial charge in [-0.05, 0) is 29.8 Å². The van der Waals surface area contributed by atoms with Gasteiger partial charge < -0.3 is 18.8 Å². The first kappa shape index (κ1) is 20.8. The summed E-state index contributed by atoms with van der Waals surface area (Å²) >= 11 is 1.61. The molecule has 0 saturated heterocycles. The van der Waals surface area contributed by atoms with Gasteiger partial charge in [0, 0.05) is 18.7 Å². The van der Waals surface area contributed by atoms with Gasteiger partial charge >= 0.3 is 0 Å². The zero-order valence-electron chi connectivity index (χ0n) is 16.7. The molecule has 3 rings (SSSR count). The van der Waals surface area contributed by atoms with E-state index in [4.69, 9.17) is 14.2 Å². The Morgan fingerprint density at radius 1 is 1.00 bits per heavy atom. The van der Waals surface area contributed by atoms with Gasteiger partial charge in [-0.3, -0.25) is 0 Å². The van der Waals surface area contributed by atoms with E-state index in [2.05, 4.69) is 21.3 Å². The van der Waals surface area contributed by atoms with Crippen molar-refractivity contribution in [3.05, 3.63) is 72.6 Å². The molecule has 0 amide bonds. The van der Waals surface area contributed by atoms with E-state index in [0.29, 0.717) is 19.6 Å². The van der Waals surface area contributed by atoms with Crippen LogP contribution in [0.1, 0.15) is 11.4 Å². The highest BCUT2D eigenvalue weighted by molar-refractivity contribution is 7.99. The molecule has 0 spiro atoms. The quantitative estimate of drug-likeness (QED) is 0.267. The first-order valence-corrected chi connectivity index (χ1v) is 10.3. The van der Waals surface area contributed by atoms with Gasteiger partial charge in [-0.2, -0.15) is 0 Å². The fourth-order valence-corrected chi connectivity index (χ4v) is 3.60. The molecule has 0 aliphatic heterocycles. The minimum Gasteiger partial charge on any atom is -0.497 e. The summed E-state index contributed by atoms with van der Waals surface area (Å²) in [6.45, 7) is 5.06. The predicted octanol–water partition coefficient (Wildman–Crippen LogP) is 4.24. The third kappa shape index (κ3) is 5.54. The van der Waals surface area contributed by atoms with E-state index < -0.39 is 0 Å². The monoisotopic (exact) mass is 411 g/mol. The summed E-state index contributed by atoms with van der Waals surface area (Å²) in [6, 6.07) is 15.6. The maximum atomic E-state index is 5.84. The number of allylic oxidation sites excluding steroid dienone is 1. The molecule has 0 atom stereocenters. The maximum Gasteiger partial charge on any atom is 0.191 e. The Morgan fingerprint density at radius 2 is 1.76 bits per heavy atom. The Labute approximate surface area is 175 Å². The molecule has 0 aliphatic carbocycles. The first-order valence-electron chi connectivity index (χ1n) is 9.29.